The topological polar surface area (TPSA) is 63.0 Å². The molecule has 6 heteroatoms. The number of hydrogen-bond acceptors (Lipinski definition) is 3. The molecule has 4 aromatic rings. The first-order valence-corrected chi connectivity index (χ1v) is 8.74. The van der Waals surface area contributed by atoms with Crippen molar-refractivity contribution in [2.24, 2.45) is 4.99 Å². The molecule has 0 aliphatic heterocycles. The molecule has 0 unspecified atom stereocenters. The Labute approximate surface area is 148 Å². The molecule has 0 saturated heterocycles. The van der Waals surface area contributed by atoms with Crippen molar-refractivity contribution in [3.05, 3.63) is 81.9 Å². The lowest BCUT2D eigenvalue weighted by molar-refractivity contribution is 0.0999. The summed E-state index contributed by atoms with van der Waals surface area (Å²) >= 11 is 1.51. The summed E-state index contributed by atoms with van der Waals surface area (Å²) in [6.45, 7) is 2.71. The predicted octanol–water partition coefficient (Wildman–Crippen LogP) is 3.52. The van der Waals surface area contributed by atoms with E-state index in [1.807, 2.05) is 48.0 Å². The van der Waals surface area contributed by atoms with Crippen molar-refractivity contribution in [3.8, 4) is 0 Å². The summed E-state index contributed by atoms with van der Waals surface area (Å²) in [5.74, 6) is -0.261. The third-order valence-electron chi connectivity index (χ3n) is 3.91. The molecular formula is C19H16N4OS. The van der Waals surface area contributed by atoms with E-state index in [4.69, 9.17) is 0 Å². The van der Waals surface area contributed by atoms with Crippen LogP contribution in [0.25, 0.3) is 11.0 Å². The zero-order valence-electron chi connectivity index (χ0n) is 13.6. The van der Waals surface area contributed by atoms with E-state index in [1.165, 1.54) is 16.9 Å². The second kappa shape index (κ2) is 6.49. The average molecular weight is 348 g/mol. The average Bonchev–Trinajstić information content (AvgIpc) is 3.19. The first-order valence-electron chi connectivity index (χ1n) is 7.93. The Morgan fingerprint density at radius 2 is 2.08 bits per heavy atom. The van der Waals surface area contributed by atoms with Gasteiger partial charge in [-0.1, -0.05) is 30.3 Å². The maximum absolute atomic E-state index is 12.7. The van der Waals surface area contributed by atoms with Gasteiger partial charge in [0.05, 0.1) is 5.56 Å². The van der Waals surface area contributed by atoms with Crippen molar-refractivity contribution >= 4 is 28.3 Å². The molecule has 0 radical (unpaired) electrons. The Balaban J connectivity index is 1.73. The van der Waals surface area contributed by atoms with Gasteiger partial charge in [0.2, 0.25) is 0 Å². The van der Waals surface area contributed by atoms with Crippen molar-refractivity contribution in [2.75, 3.05) is 0 Å². The van der Waals surface area contributed by atoms with Gasteiger partial charge in [-0.15, -0.1) is 11.3 Å². The van der Waals surface area contributed by atoms with Gasteiger partial charge in [0.1, 0.15) is 5.65 Å². The fourth-order valence-corrected chi connectivity index (χ4v) is 3.60. The van der Waals surface area contributed by atoms with Crippen LogP contribution in [0.2, 0.25) is 0 Å². The largest absolute Gasteiger partial charge is 0.345 e. The number of fused-ring (bicyclic) bond motifs is 1. The maximum Gasteiger partial charge on any atom is 0.281 e. The standard InChI is InChI=1S/C19H16N4OS/c1-13-11-23(12-14-6-3-2-4-7-14)19(25-13)22-18(24)16-10-21-17-15(16)8-5-9-20-17/h2-11H,12H2,1H3,(H,20,21)/b22-19-. The highest BCUT2D eigenvalue weighted by molar-refractivity contribution is 7.09. The van der Waals surface area contributed by atoms with E-state index in [2.05, 4.69) is 27.1 Å². The summed E-state index contributed by atoms with van der Waals surface area (Å²) in [6.07, 6.45) is 5.40. The smallest absolute Gasteiger partial charge is 0.281 e. The van der Waals surface area contributed by atoms with E-state index < -0.39 is 0 Å². The van der Waals surface area contributed by atoms with Crippen LogP contribution in [0.3, 0.4) is 0 Å². The van der Waals surface area contributed by atoms with E-state index in [0.29, 0.717) is 22.6 Å². The van der Waals surface area contributed by atoms with E-state index in [9.17, 15) is 4.79 Å². The fraction of sp³-hybridized carbons (Fsp3) is 0.105. The van der Waals surface area contributed by atoms with E-state index in [1.54, 1.807) is 12.4 Å². The van der Waals surface area contributed by atoms with Gasteiger partial charge < -0.3 is 9.55 Å². The number of thiazole rings is 1. The molecule has 1 aromatic carbocycles. The summed E-state index contributed by atoms with van der Waals surface area (Å²) in [5.41, 5.74) is 2.41. The minimum atomic E-state index is -0.261. The first-order chi connectivity index (χ1) is 12.2. The SMILES string of the molecule is Cc1cn(Cc2ccccc2)/c(=N/C(=O)c2c[nH]c3ncccc23)s1. The van der Waals surface area contributed by atoms with Crippen molar-refractivity contribution < 1.29 is 4.79 Å². The van der Waals surface area contributed by atoms with Crippen LogP contribution < -0.4 is 4.80 Å². The molecular weight excluding hydrogens is 332 g/mol. The van der Waals surface area contributed by atoms with Crippen LogP contribution in [0.4, 0.5) is 0 Å². The molecule has 0 fully saturated rings. The maximum atomic E-state index is 12.7. The molecule has 5 nitrogen and oxygen atoms in total. The van der Waals surface area contributed by atoms with Crippen LogP contribution >= 0.6 is 11.3 Å². The summed E-state index contributed by atoms with van der Waals surface area (Å²) < 4.78 is 2.01. The van der Waals surface area contributed by atoms with Gasteiger partial charge in [-0.3, -0.25) is 4.79 Å². The number of aromatic nitrogens is 3. The first kappa shape index (κ1) is 15.5. The zero-order valence-corrected chi connectivity index (χ0v) is 14.5. The van der Waals surface area contributed by atoms with Gasteiger partial charge in [0.25, 0.3) is 5.91 Å². The summed E-state index contributed by atoms with van der Waals surface area (Å²) in [6, 6.07) is 13.8. The minimum absolute atomic E-state index is 0.261. The number of amides is 1. The van der Waals surface area contributed by atoms with Gasteiger partial charge in [-0.2, -0.15) is 4.99 Å². The molecule has 1 N–H and O–H groups in total. The van der Waals surface area contributed by atoms with Crippen LogP contribution in [0, 0.1) is 6.92 Å². The molecule has 124 valence electrons. The number of nitrogens with one attached hydrogen (secondary N) is 1. The van der Waals surface area contributed by atoms with Gasteiger partial charge >= 0.3 is 0 Å². The number of H-pyrrole nitrogens is 1. The van der Waals surface area contributed by atoms with E-state index >= 15 is 0 Å². The van der Waals surface area contributed by atoms with Crippen molar-refractivity contribution in [3.63, 3.8) is 0 Å². The Bertz CT molecular complexity index is 1110. The van der Waals surface area contributed by atoms with Crippen molar-refractivity contribution in [1.82, 2.24) is 14.5 Å². The molecule has 0 saturated carbocycles. The minimum Gasteiger partial charge on any atom is -0.345 e. The monoisotopic (exact) mass is 348 g/mol. The van der Waals surface area contributed by atoms with Crippen LogP contribution in [0.15, 0.2) is 66.0 Å². The van der Waals surface area contributed by atoms with Crippen LogP contribution in [0.5, 0.6) is 0 Å². The van der Waals surface area contributed by atoms with Gasteiger partial charge in [0, 0.05) is 35.4 Å². The highest BCUT2D eigenvalue weighted by Crippen LogP contribution is 2.16. The van der Waals surface area contributed by atoms with Gasteiger partial charge in [-0.25, -0.2) is 4.98 Å². The summed E-state index contributed by atoms with van der Waals surface area (Å²) in [7, 11) is 0. The van der Waals surface area contributed by atoms with Gasteiger partial charge in [-0.05, 0) is 24.6 Å². The summed E-state index contributed by atoms with van der Waals surface area (Å²) in [5, 5.41) is 0.791. The molecule has 4 rings (SSSR count). The zero-order chi connectivity index (χ0) is 17.2. The molecule has 25 heavy (non-hydrogen) atoms. The molecule has 0 aliphatic rings. The molecule has 0 aliphatic carbocycles. The molecule has 0 atom stereocenters. The van der Waals surface area contributed by atoms with Crippen LogP contribution in [-0.4, -0.2) is 20.4 Å². The fourth-order valence-electron chi connectivity index (χ4n) is 2.76. The molecule has 0 spiro atoms. The third-order valence-corrected chi connectivity index (χ3v) is 4.85. The molecule has 3 heterocycles. The van der Waals surface area contributed by atoms with Crippen LogP contribution in [0.1, 0.15) is 20.8 Å². The quantitative estimate of drug-likeness (QED) is 0.616. The highest BCUT2D eigenvalue weighted by Gasteiger charge is 2.12. The Kier molecular flexibility index (Phi) is 4.03. The molecule has 0 bridgehead atoms. The van der Waals surface area contributed by atoms with E-state index in [0.717, 1.165) is 10.3 Å². The number of rotatable bonds is 3. The molecule has 3 aromatic heterocycles. The second-order valence-corrected chi connectivity index (χ2v) is 6.97. The third kappa shape index (κ3) is 3.16. The normalized spacial score (nSPS) is 12.0. The second-order valence-electron chi connectivity index (χ2n) is 5.76. The van der Waals surface area contributed by atoms with Gasteiger partial charge in [0.15, 0.2) is 4.80 Å². The number of aryl methyl sites for hydroxylation is 1. The Morgan fingerprint density at radius 1 is 1.24 bits per heavy atom. The Hall–Kier alpha value is -2.99. The number of hydrogen-bond donors (Lipinski definition) is 1. The lowest BCUT2D eigenvalue weighted by atomic mass is 10.2. The van der Waals surface area contributed by atoms with Crippen molar-refractivity contribution in [2.45, 2.75) is 13.5 Å². The number of benzene rings is 1. The lowest BCUT2D eigenvalue weighted by Crippen LogP contribution is -2.17. The predicted molar refractivity (Wildman–Crippen MR) is 98.6 cm³/mol. The summed E-state index contributed by atoms with van der Waals surface area (Å²) in [4.78, 5) is 26.1. The van der Waals surface area contributed by atoms with Crippen LogP contribution in [-0.2, 0) is 6.54 Å². The number of aromatic amines is 1. The Morgan fingerprint density at radius 3 is 2.92 bits per heavy atom. The molecule has 1 amide bonds. The highest BCUT2D eigenvalue weighted by atomic mass is 32.1. The number of carbonyl (C=O) groups is 1. The van der Waals surface area contributed by atoms with Crippen molar-refractivity contribution in [1.29, 1.82) is 0 Å². The number of pyridine rings is 1. The lowest BCUT2D eigenvalue weighted by Gasteiger charge is -2.02. The number of carbonyl (C=O) groups excluding carboxylic acids is 1. The number of nitrogens with zero attached hydrogens (tertiary/aromatic N) is 3. The van der Waals surface area contributed by atoms with E-state index in [-0.39, 0.29) is 5.91 Å².